The molecule has 6 heteroatoms. The van der Waals surface area contributed by atoms with Gasteiger partial charge in [-0.25, -0.2) is 0 Å². The fraction of sp³-hybridized carbons (Fsp3) is 0.0952. The molecular weight excluding hydrogens is 360 g/mol. The maximum absolute atomic E-state index is 13.1. The molecule has 27 heavy (non-hydrogen) atoms. The highest BCUT2D eigenvalue weighted by molar-refractivity contribution is 8.00. The van der Waals surface area contributed by atoms with Crippen LogP contribution in [-0.4, -0.2) is 16.0 Å². The van der Waals surface area contributed by atoms with Gasteiger partial charge in [0.1, 0.15) is 11.0 Å². The Labute approximate surface area is 160 Å². The molecule has 4 rings (SSSR count). The van der Waals surface area contributed by atoms with Crippen LogP contribution in [0, 0.1) is 6.92 Å². The number of ketones is 1. The highest BCUT2D eigenvalue weighted by Crippen LogP contribution is 2.38. The summed E-state index contributed by atoms with van der Waals surface area (Å²) in [5.41, 5.74) is 2.28. The third-order valence-corrected chi connectivity index (χ3v) is 5.20. The lowest BCUT2D eigenvalue weighted by Gasteiger charge is -2.14. The molecule has 0 amide bonds. The Kier molecular flexibility index (Phi) is 4.89. The Hall–Kier alpha value is -3.12. The largest absolute Gasteiger partial charge is 0.469 e. The molecule has 0 saturated carbocycles. The van der Waals surface area contributed by atoms with Crippen molar-refractivity contribution in [3.63, 3.8) is 0 Å². The van der Waals surface area contributed by atoms with Crippen molar-refractivity contribution in [1.29, 1.82) is 0 Å². The van der Waals surface area contributed by atoms with E-state index in [1.165, 1.54) is 11.8 Å². The Bertz CT molecular complexity index is 1040. The minimum Gasteiger partial charge on any atom is -0.469 e. The number of thioether (sulfide) groups is 1. The molecule has 0 aliphatic rings. The van der Waals surface area contributed by atoms with Crippen LogP contribution in [0.15, 0.2) is 87.1 Å². The average Bonchev–Trinajstić information content (AvgIpc) is 3.35. The summed E-state index contributed by atoms with van der Waals surface area (Å²) in [6.45, 7) is 1.83. The van der Waals surface area contributed by atoms with Crippen LogP contribution in [0.2, 0.25) is 0 Å². The van der Waals surface area contributed by atoms with Crippen molar-refractivity contribution in [3.05, 3.63) is 89.9 Å². The Morgan fingerprint density at radius 2 is 1.67 bits per heavy atom. The number of hydrogen-bond donors (Lipinski definition) is 0. The zero-order valence-electron chi connectivity index (χ0n) is 14.5. The Balaban J connectivity index is 1.65. The van der Waals surface area contributed by atoms with Crippen LogP contribution in [0.5, 0.6) is 0 Å². The second-order valence-electron chi connectivity index (χ2n) is 5.90. The van der Waals surface area contributed by atoms with Crippen molar-refractivity contribution in [2.24, 2.45) is 0 Å². The van der Waals surface area contributed by atoms with E-state index in [1.807, 2.05) is 67.6 Å². The monoisotopic (exact) mass is 376 g/mol. The van der Waals surface area contributed by atoms with Crippen LogP contribution in [0.4, 0.5) is 0 Å². The van der Waals surface area contributed by atoms with Crippen molar-refractivity contribution in [3.8, 4) is 11.5 Å². The van der Waals surface area contributed by atoms with Gasteiger partial charge in [-0.3, -0.25) is 4.79 Å². The Morgan fingerprint density at radius 1 is 0.963 bits per heavy atom. The number of hydrogen-bond acceptors (Lipinski definition) is 6. The maximum atomic E-state index is 13.1. The summed E-state index contributed by atoms with van der Waals surface area (Å²) in [5.74, 6) is 1.07. The highest BCUT2D eigenvalue weighted by atomic mass is 32.2. The van der Waals surface area contributed by atoms with Gasteiger partial charge in [-0.05, 0) is 30.3 Å². The summed E-state index contributed by atoms with van der Waals surface area (Å²) in [5, 5.41) is 8.05. The molecule has 134 valence electrons. The van der Waals surface area contributed by atoms with Gasteiger partial charge in [0.2, 0.25) is 0 Å². The van der Waals surface area contributed by atoms with Crippen LogP contribution < -0.4 is 0 Å². The minimum atomic E-state index is -0.479. The number of aryl methyl sites for hydroxylation is 1. The van der Waals surface area contributed by atoms with Gasteiger partial charge in [-0.15, -0.1) is 10.2 Å². The van der Waals surface area contributed by atoms with E-state index in [1.54, 1.807) is 12.3 Å². The minimum absolute atomic E-state index is 0.00829. The lowest BCUT2D eigenvalue weighted by molar-refractivity contribution is 0.0989. The number of benzene rings is 2. The number of Topliss-reactive ketones (excluding diaryl/α,β-unsaturated/α-hetero) is 1. The fourth-order valence-electron chi connectivity index (χ4n) is 2.73. The molecule has 0 aliphatic carbocycles. The van der Waals surface area contributed by atoms with Crippen molar-refractivity contribution in [1.82, 2.24) is 10.2 Å². The number of nitrogens with zero attached hydrogens (tertiary/aromatic N) is 2. The van der Waals surface area contributed by atoms with Gasteiger partial charge in [0.15, 0.2) is 5.78 Å². The van der Waals surface area contributed by atoms with Gasteiger partial charge in [-0.2, -0.15) is 0 Å². The van der Waals surface area contributed by atoms with Crippen molar-refractivity contribution in [2.75, 3.05) is 0 Å². The summed E-state index contributed by atoms with van der Waals surface area (Å²) >= 11 is 1.25. The zero-order valence-corrected chi connectivity index (χ0v) is 15.3. The van der Waals surface area contributed by atoms with Crippen molar-refractivity contribution < 1.29 is 13.6 Å². The summed E-state index contributed by atoms with van der Waals surface area (Å²) in [6.07, 6.45) is 1.58. The average molecular weight is 376 g/mol. The molecule has 0 bridgehead atoms. The second-order valence-corrected chi connectivity index (χ2v) is 6.96. The molecule has 1 atom stereocenters. The summed E-state index contributed by atoms with van der Waals surface area (Å²) < 4.78 is 11.1. The standard InChI is InChI=1S/C21H16N2O3S/c1-14-17(12-13-25-14)20-22-23-21(26-20)27-19(16-10-6-3-7-11-16)18(24)15-8-4-2-5-9-15/h2-13,19H,1H3. The molecule has 5 nitrogen and oxygen atoms in total. The molecule has 0 fully saturated rings. The summed E-state index contributed by atoms with van der Waals surface area (Å²) in [7, 11) is 0. The summed E-state index contributed by atoms with van der Waals surface area (Å²) in [4.78, 5) is 13.1. The van der Waals surface area contributed by atoms with Crippen LogP contribution in [0.25, 0.3) is 11.5 Å². The van der Waals surface area contributed by atoms with Crippen LogP contribution >= 0.6 is 11.8 Å². The van der Waals surface area contributed by atoms with Gasteiger partial charge in [0.25, 0.3) is 11.1 Å². The first-order valence-electron chi connectivity index (χ1n) is 8.41. The van der Waals surface area contributed by atoms with Crippen LogP contribution in [0.3, 0.4) is 0 Å². The number of carbonyl (C=O) groups excluding carboxylic acids is 1. The fourth-order valence-corrected chi connectivity index (χ4v) is 3.68. The first kappa shape index (κ1) is 17.3. The van der Waals surface area contributed by atoms with Gasteiger partial charge in [0.05, 0.1) is 11.8 Å². The third-order valence-electron chi connectivity index (χ3n) is 4.11. The topological polar surface area (TPSA) is 69.1 Å². The second kappa shape index (κ2) is 7.63. The van der Waals surface area contributed by atoms with E-state index in [0.29, 0.717) is 22.4 Å². The molecule has 0 saturated heterocycles. The van der Waals surface area contributed by atoms with Gasteiger partial charge in [-0.1, -0.05) is 60.7 Å². The molecule has 4 aromatic rings. The van der Waals surface area contributed by atoms with Gasteiger partial charge in [0, 0.05) is 5.56 Å². The molecule has 0 N–H and O–H groups in total. The number of carbonyl (C=O) groups is 1. The predicted octanol–water partition coefficient (Wildman–Crippen LogP) is 5.35. The van der Waals surface area contributed by atoms with E-state index >= 15 is 0 Å². The van der Waals surface area contributed by atoms with E-state index in [0.717, 1.165) is 11.1 Å². The quantitative estimate of drug-likeness (QED) is 0.333. The maximum Gasteiger partial charge on any atom is 0.277 e. The lowest BCUT2D eigenvalue weighted by Crippen LogP contribution is -2.10. The van der Waals surface area contributed by atoms with Crippen LogP contribution in [-0.2, 0) is 0 Å². The lowest BCUT2D eigenvalue weighted by atomic mass is 10.0. The van der Waals surface area contributed by atoms with Crippen molar-refractivity contribution >= 4 is 17.5 Å². The highest BCUT2D eigenvalue weighted by Gasteiger charge is 2.26. The zero-order chi connectivity index (χ0) is 18.6. The van der Waals surface area contributed by atoms with E-state index in [2.05, 4.69) is 10.2 Å². The van der Waals surface area contributed by atoms with E-state index < -0.39 is 5.25 Å². The normalized spacial score (nSPS) is 12.0. The SMILES string of the molecule is Cc1occc1-c1nnc(SC(C(=O)c2ccccc2)c2ccccc2)o1. The smallest absolute Gasteiger partial charge is 0.277 e. The number of furan rings is 1. The molecule has 2 aromatic carbocycles. The van der Waals surface area contributed by atoms with Gasteiger partial charge < -0.3 is 8.83 Å². The van der Waals surface area contributed by atoms with Crippen molar-refractivity contribution in [2.45, 2.75) is 17.4 Å². The molecule has 2 heterocycles. The predicted molar refractivity (Wildman–Crippen MR) is 103 cm³/mol. The van der Waals surface area contributed by atoms with E-state index in [4.69, 9.17) is 8.83 Å². The Morgan fingerprint density at radius 3 is 2.33 bits per heavy atom. The first-order chi connectivity index (χ1) is 13.2. The molecule has 2 aromatic heterocycles. The third kappa shape index (κ3) is 3.71. The molecular formula is C21H16N2O3S. The molecule has 0 spiro atoms. The van der Waals surface area contributed by atoms with Crippen LogP contribution in [0.1, 0.15) is 26.9 Å². The number of aromatic nitrogens is 2. The molecule has 0 radical (unpaired) electrons. The molecule has 0 aliphatic heterocycles. The van der Waals surface area contributed by atoms with E-state index in [-0.39, 0.29) is 5.78 Å². The molecule has 1 unspecified atom stereocenters. The van der Waals surface area contributed by atoms with E-state index in [9.17, 15) is 4.79 Å². The van der Waals surface area contributed by atoms with Gasteiger partial charge >= 0.3 is 0 Å². The first-order valence-corrected chi connectivity index (χ1v) is 9.29. The summed E-state index contributed by atoms with van der Waals surface area (Å²) in [6, 6.07) is 20.6. The number of rotatable bonds is 6.